The van der Waals surface area contributed by atoms with Crippen molar-refractivity contribution >= 4 is 8.24 Å². The van der Waals surface area contributed by atoms with Crippen LogP contribution < -0.4 is 4.98 Å². The van der Waals surface area contributed by atoms with Gasteiger partial charge in [0.15, 0.2) is 0 Å². The lowest BCUT2D eigenvalue weighted by atomic mass is 10.0. The zero-order valence-corrected chi connectivity index (χ0v) is 14.1. The molecule has 0 unspecified atom stereocenters. The molecule has 0 saturated heterocycles. The van der Waals surface area contributed by atoms with E-state index in [-0.39, 0.29) is 5.54 Å². The highest BCUT2D eigenvalue weighted by molar-refractivity contribution is 6.81. The fraction of sp³-hybridized carbons (Fsp3) is 0.667. The standard InChI is InChI=1S/C15H29N2Si/c1-15(2,3)16-18(6,7)14-9-8-13(12-14)10-11-17(4)5/h8-9,12,16H,10-11H2,1-7H3. The maximum absolute atomic E-state index is 3.82. The second kappa shape index (κ2) is 6.06. The van der Waals surface area contributed by atoms with Crippen molar-refractivity contribution in [3.8, 4) is 0 Å². The van der Waals surface area contributed by atoms with Crippen LogP contribution in [-0.4, -0.2) is 39.3 Å². The van der Waals surface area contributed by atoms with Crippen LogP contribution in [0.25, 0.3) is 0 Å². The molecular weight excluding hydrogens is 236 g/mol. The molecule has 0 bridgehead atoms. The van der Waals surface area contributed by atoms with Crippen molar-refractivity contribution in [1.29, 1.82) is 0 Å². The van der Waals surface area contributed by atoms with Crippen LogP contribution in [0.1, 0.15) is 27.2 Å². The molecule has 1 rings (SSSR count). The highest BCUT2D eigenvalue weighted by Gasteiger charge is 2.40. The summed E-state index contributed by atoms with van der Waals surface area (Å²) >= 11 is 0. The van der Waals surface area contributed by atoms with Crippen LogP contribution >= 0.6 is 0 Å². The summed E-state index contributed by atoms with van der Waals surface area (Å²) in [5, 5.41) is 0. The highest BCUT2D eigenvalue weighted by Crippen LogP contribution is 2.38. The summed E-state index contributed by atoms with van der Waals surface area (Å²) in [5.74, 6) is 1.47. The number of rotatable bonds is 5. The SMILES string of the molecule is CN(C)CC[C]1[CH][CH][C]([Si](C)(C)NC(C)(C)C)[CH]1. The largest absolute Gasteiger partial charge is 0.332 e. The van der Waals surface area contributed by atoms with Crippen molar-refractivity contribution in [1.82, 2.24) is 9.88 Å². The van der Waals surface area contributed by atoms with Gasteiger partial charge in [-0.3, -0.25) is 0 Å². The van der Waals surface area contributed by atoms with Crippen molar-refractivity contribution in [2.24, 2.45) is 0 Å². The Balaban J connectivity index is 2.45. The fourth-order valence-corrected chi connectivity index (χ4v) is 5.46. The predicted octanol–water partition coefficient (Wildman–Crippen LogP) is 2.85. The summed E-state index contributed by atoms with van der Waals surface area (Å²) in [6.45, 7) is 12.7. The van der Waals surface area contributed by atoms with Crippen LogP contribution in [0, 0.1) is 30.7 Å². The summed E-state index contributed by atoms with van der Waals surface area (Å²) in [4.78, 5) is 6.06. The zero-order valence-electron chi connectivity index (χ0n) is 13.1. The monoisotopic (exact) mass is 265 g/mol. The van der Waals surface area contributed by atoms with Crippen molar-refractivity contribution in [2.45, 2.75) is 45.8 Å². The van der Waals surface area contributed by atoms with E-state index in [1.807, 2.05) is 0 Å². The first-order valence-corrected chi connectivity index (χ1v) is 9.80. The molecule has 0 aromatic rings. The van der Waals surface area contributed by atoms with Crippen molar-refractivity contribution in [3.63, 3.8) is 0 Å². The van der Waals surface area contributed by atoms with Crippen LogP contribution in [-0.2, 0) is 0 Å². The van der Waals surface area contributed by atoms with Gasteiger partial charge in [0.1, 0.15) is 8.24 Å². The summed E-state index contributed by atoms with van der Waals surface area (Å²) < 4.78 is 0. The Morgan fingerprint density at radius 1 is 1.17 bits per heavy atom. The molecule has 1 aliphatic rings. The van der Waals surface area contributed by atoms with Gasteiger partial charge in [0, 0.05) is 5.54 Å². The second-order valence-electron chi connectivity index (χ2n) is 7.06. The van der Waals surface area contributed by atoms with E-state index in [2.05, 4.69) is 77.1 Å². The fourth-order valence-electron chi connectivity index (χ4n) is 2.40. The van der Waals surface area contributed by atoms with E-state index in [1.165, 1.54) is 11.5 Å². The van der Waals surface area contributed by atoms with E-state index >= 15 is 0 Å². The minimum Gasteiger partial charge on any atom is -0.332 e. The van der Waals surface area contributed by atoms with Gasteiger partial charge in [0.25, 0.3) is 0 Å². The van der Waals surface area contributed by atoms with E-state index in [0.29, 0.717) is 0 Å². The lowest BCUT2D eigenvalue weighted by Gasteiger charge is -2.37. The Morgan fingerprint density at radius 2 is 1.78 bits per heavy atom. The molecule has 0 atom stereocenters. The average molecular weight is 265 g/mol. The molecule has 0 spiro atoms. The van der Waals surface area contributed by atoms with E-state index in [1.54, 1.807) is 0 Å². The molecule has 1 N–H and O–H groups in total. The van der Waals surface area contributed by atoms with Crippen LogP contribution in [0.3, 0.4) is 0 Å². The molecule has 1 aliphatic carbocycles. The summed E-state index contributed by atoms with van der Waals surface area (Å²) in [5.41, 5.74) is 1.71. The number of hydrogen-bond acceptors (Lipinski definition) is 2. The maximum atomic E-state index is 3.82. The van der Waals surface area contributed by atoms with Gasteiger partial charge in [-0.15, -0.1) is 0 Å². The van der Waals surface area contributed by atoms with Gasteiger partial charge in [-0.1, -0.05) is 13.1 Å². The second-order valence-corrected chi connectivity index (χ2v) is 11.1. The molecule has 1 saturated carbocycles. The van der Waals surface area contributed by atoms with Crippen molar-refractivity contribution < 1.29 is 0 Å². The molecule has 0 aliphatic heterocycles. The molecule has 0 aromatic heterocycles. The summed E-state index contributed by atoms with van der Waals surface area (Å²) in [6, 6.07) is 0. The smallest absolute Gasteiger partial charge is 0.127 e. The molecule has 0 aromatic carbocycles. The van der Waals surface area contributed by atoms with E-state index in [4.69, 9.17) is 0 Å². The van der Waals surface area contributed by atoms with E-state index in [0.717, 1.165) is 13.0 Å². The number of nitrogens with one attached hydrogen (secondary N) is 1. The molecule has 2 nitrogen and oxygen atoms in total. The Labute approximate surface area is 116 Å². The maximum Gasteiger partial charge on any atom is 0.127 e. The molecule has 5 radical (unpaired) electrons. The minimum absolute atomic E-state index is 0.191. The minimum atomic E-state index is -1.51. The first-order valence-electron chi connectivity index (χ1n) is 6.80. The Hall–Kier alpha value is 0.137. The lowest BCUT2D eigenvalue weighted by molar-refractivity contribution is 0.408. The van der Waals surface area contributed by atoms with Gasteiger partial charge in [-0.25, -0.2) is 0 Å². The van der Waals surface area contributed by atoms with Crippen LogP contribution in [0.4, 0.5) is 0 Å². The Kier molecular flexibility index (Phi) is 5.45. The molecule has 18 heavy (non-hydrogen) atoms. The number of hydrogen-bond donors (Lipinski definition) is 1. The van der Waals surface area contributed by atoms with Gasteiger partial charge in [0.05, 0.1) is 0 Å². The lowest BCUT2D eigenvalue weighted by Crippen LogP contribution is -2.58. The van der Waals surface area contributed by atoms with Gasteiger partial charge < -0.3 is 9.88 Å². The summed E-state index contributed by atoms with van der Waals surface area (Å²) in [7, 11) is 2.74. The number of nitrogens with zero attached hydrogens (tertiary/aromatic N) is 1. The van der Waals surface area contributed by atoms with Crippen LogP contribution in [0.2, 0.25) is 13.1 Å². The molecular formula is C15H29N2Si. The third-order valence-corrected chi connectivity index (χ3v) is 6.20. The van der Waals surface area contributed by atoms with Crippen molar-refractivity contribution in [2.75, 3.05) is 20.6 Å². The van der Waals surface area contributed by atoms with Crippen molar-refractivity contribution in [3.05, 3.63) is 30.7 Å². The Bertz CT molecular complexity index is 256. The zero-order chi connectivity index (χ0) is 14.0. The molecule has 3 heteroatoms. The van der Waals surface area contributed by atoms with Gasteiger partial charge >= 0.3 is 0 Å². The first-order chi connectivity index (χ1) is 8.10. The molecule has 0 heterocycles. The van der Waals surface area contributed by atoms with Crippen LogP contribution in [0.15, 0.2) is 0 Å². The molecule has 1 fully saturated rings. The predicted molar refractivity (Wildman–Crippen MR) is 82.9 cm³/mol. The van der Waals surface area contributed by atoms with Gasteiger partial charge in [-0.2, -0.15) is 0 Å². The van der Waals surface area contributed by atoms with Gasteiger partial charge in [0.2, 0.25) is 0 Å². The third kappa shape index (κ3) is 5.41. The van der Waals surface area contributed by atoms with E-state index < -0.39 is 8.24 Å². The normalized spacial score (nSPS) is 20.0. The third-order valence-electron chi connectivity index (χ3n) is 3.07. The quantitative estimate of drug-likeness (QED) is 0.769. The highest BCUT2D eigenvalue weighted by atomic mass is 28.3. The van der Waals surface area contributed by atoms with Gasteiger partial charge in [-0.05, 0) is 78.6 Å². The average Bonchev–Trinajstić information content (AvgIpc) is 2.59. The molecule has 103 valence electrons. The first kappa shape index (κ1) is 16.2. The molecule has 0 amide bonds. The van der Waals surface area contributed by atoms with E-state index in [9.17, 15) is 0 Å². The Morgan fingerprint density at radius 3 is 2.28 bits per heavy atom. The topological polar surface area (TPSA) is 15.3 Å². The summed E-state index contributed by atoms with van der Waals surface area (Å²) in [6.07, 6.45) is 8.15. The van der Waals surface area contributed by atoms with Crippen LogP contribution in [0.5, 0.6) is 0 Å².